The zero-order chi connectivity index (χ0) is 25.2. The van der Waals surface area contributed by atoms with Crippen molar-refractivity contribution in [2.75, 3.05) is 11.9 Å². The van der Waals surface area contributed by atoms with E-state index in [0.29, 0.717) is 22.6 Å². The van der Waals surface area contributed by atoms with Crippen LogP contribution in [0.15, 0.2) is 46.0 Å². The van der Waals surface area contributed by atoms with Crippen molar-refractivity contribution in [2.45, 2.75) is 69.9 Å². The minimum atomic E-state index is -1.11. The lowest BCUT2D eigenvalue weighted by atomic mass is 9.95. The Labute approximate surface area is 207 Å². The standard InChI is InChI=1S/C27H30FN3O5/c28-22-14-21-24(15-23(22)29-17-6-2-1-3-7-17)30(18-8-4-5-9-18)27(35)31(26(21)34)19-10-12-20(13-11-19)36-16-25(32)33/h10-15,17-18,29H,1-9,16H2,(H,32,33). The Morgan fingerprint density at radius 2 is 1.67 bits per heavy atom. The number of carboxylic acid groups (broad SMARTS) is 1. The number of hydrogen-bond acceptors (Lipinski definition) is 5. The minimum absolute atomic E-state index is 0.0713. The van der Waals surface area contributed by atoms with Gasteiger partial charge >= 0.3 is 11.7 Å². The van der Waals surface area contributed by atoms with E-state index in [4.69, 9.17) is 9.84 Å². The van der Waals surface area contributed by atoms with Gasteiger partial charge in [-0.2, -0.15) is 0 Å². The third kappa shape index (κ3) is 4.74. The molecule has 0 atom stereocenters. The summed E-state index contributed by atoms with van der Waals surface area (Å²) in [5, 5.41) is 12.3. The van der Waals surface area contributed by atoms with E-state index >= 15 is 4.39 Å². The van der Waals surface area contributed by atoms with Crippen LogP contribution in [0.4, 0.5) is 10.1 Å². The number of anilines is 1. The van der Waals surface area contributed by atoms with Crippen LogP contribution in [-0.2, 0) is 4.79 Å². The molecular weight excluding hydrogens is 465 g/mol. The Morgan fingerprint density at radius 3 is 2.33 bits per heavy atom. The number of carboxylic acids is 1. The van der Waals surface area contributed by atoms with Gasteiger partial charge in [0, 0.05) is 12.1 Å². The molecule has 1 heterocycles. The van der Waals surface area contributed by atoms with Crippen molar-refractivity contribution >= 4 is 22.6 Å². The summed E-state index contributed by atoms with van der Waals surface area (Å²) < 4.78 is 23.1. The molecule has 0 saturated heterocycles. The lowest BCUT2D eigenvalue weighted by Gasteiger charge is -2.25. The zero-order valence-electron chi connectivity index (χ0n) is 20.0. The first kappa shape index (κ1) is 24.1. The Bertz CT molecular complexity index is 1380. The van der Waals surface area contributed by atoms with Crippen molar-refractivity contribution in [1.82, 2.24) is 9.13 Å². The summed E-state index contributed by atoms with van der Waals surface area (Å²) in [4.78, 5) is 38.1. The fourth-order valence-electron chi connectivity index (χ4n) is 5.51. The van der Waals surface area contributed by atoms with Gasteiger partial charge in [-0.25, -0.2) is 18.5 Å². The molecule has 8 nitrogen and oxygen atoms in total. The second kappa shape index (κ2) is 10.2. The van der Waals surface area contributed by atoms with E-state index < -0.39 is 29.6 Å². The first-order valence-corrected chi connectivity index (χ1v) is 12.6. The molecule has 2 saturated carbocycles. The highest BCUT2D eigenvalue weighted by molar-refractivity contribution is 5.83. The molecule has 0 bridgehead atoms. The highest BCUT2D eigenvalue weighted by atomic mass is 19.1. The van der Waals surface area contributed by atoms with Gasteiger partial charge < -0.3 is 15.2 Å². The van der Waals surface area contributed by atoms with Gasteiger partial charge in [-0.15, -0.1) is 0 Å². The molecule has 2 aromatic carbocycles. The van der Waals surface area contributed by atoms with Crippen LogP contribution >= 0.6 is 0 Å². The highest BCUT2D eigenvalue weighted by Crippen LogP contribution is 2.32. The van der Waals surface area contributed by atoms with E-state index in [-0.39, 0.29) is 17.5 Å². The van der Waals surface area contributed by atoms with Crippen LogP contribution < -0.4 is 21.3 Å². The molecule has 190 valence electrons. The van der Waals surface area contributed by atoms with Gasteiger partial charge in [-0.3, -0.25) is 9.36 Å². The van der Waals surface area contributed by atoms with E-state index in [0.717, 1.165) is 55.9 Å². The monoisotopic (exact) mass is 495 g/mol. The van der Waals surface area contributed by atoms with E-state index in [9.17, 15) is 14.4 Å². The number of carbonyl (C=O) groups is 1. The van der Waals surface area contributed by atoms with Crippen molar-refractivity contribution in [2.24, 2.45) is 0 Å². The lowest BCUT2D eigenvalue weighted by Crippen LogP contribution is -2.40. The largest absolute Gasteiger partial charge is 0.482 e. The number of fused-ring (bicyclic) bond motifs is 1. The van der Waals surface area contributed by atoms with Crippen LogP contribution in [-0.4, -0.2) is 32.9 Å². The smallest absolute Gasteiger partial charge is 0.341 e. The molecule has 1 aromatic heterocycles. The summed E-state index contributed by atoms with van der Waals surface area (Å²) in [6, 6.07) is 9.05. The molecule has 0 unspecified atom stereocenters. The normalized spacial score (nSPS) is 16.9. The number of ether oxygens (including phenoxy) is 1. The number of rotatable bonds is 7. The molecule has 0 spiro atoms. The average molecular weight is 496 g/mol. The SMILES string of the molecule is O=C(O)COc1ccc(-n2c(=O)c3cc(F)c(NC4CCCCC4)cc3n(C3CCCC3)c2=O)cc1. The third-order valence-electron chi connectivity index (χ3n) is 7.29. The van der Waals surface area contributed by atoms with Gasteiger partial charge in [0.15, 0.2) is 6.61 Å². The first-order chi connectivity index (χ1) is 17.4. The molecule has 5 rings (SSSR count). The van der Waals surface area contributed by atoms with Gasteiger partial charge in [0.05, 0.1) is 22.3 Å². The Kier molecular flexibility index (Phi) is 6.80. The highest BCUT2D eigenvalue weighted by Gasteiger charge is 2.25. The molecule has 3 aromatic rings. The average Bonchev–Trinajstić information content (AvgIpc) is 3.40. The lowest BCUT2D eigenvalue weighted by molar-refractivity contribution is -0.139. The number of aromatic nitrogens is 2. The summed E-state index contributed by atoms with van der Waals surface area (Å²) in [6.07, 6.45) is 8.95. The summed E-state index contributed by atoms with van der Waals surface area (Å²) in [7, 11) is 0. The second-order valence-electron chi connectivity index (χ2n) is 9.74. The second-order valence-corrected chi connectivity index (χ2v) is 9.74. The zero-order valence-corrected chi connectivity index (χ0v) is 20.0. The topological polar surface area (TPSA) is 103 Å². The van der Waals surface area contributed by atoms with Crippen LogP contribution in [0.25, 0.3) is 16.6 Å². The number of aliphatic carboxylic acids is 1. The van der Waals surface area contributed by atoms with Crippen LogP contribution in [0.3, 0.4) is 0 Å². The van der Waals surface area contributed by atoms with Crippen molar-refractivity contribution in [3.8, 4) is 11.4 Å². The first-order valence-electron chi connectivity index (χ1n) is 12.6. The summed E-state index contributed by atoms with van der Waals surface area (Å²) in [5.74, 6) is -1.31. The number of halogens is 1. The van der Waals surface area contributed by atoms with E-state index in [1.54, 1.807) is 10.6 Å². The molecule has 0 radical (unpaired) electrons. The molecule has 2 aliphatic carbocycles. The maximum Gasteiger partial charge on any atom is 0.341 e. The minimum Gasteiger partial charge on any atom is -0.482 e. The molecule has 0 aliphatic heterocycles. The molecular formula is C27H30FN3O5. The van der Waals surface area contributed by atoms with E-state index in [2.05, 4.69) is 5.32 Å². The summed E-state index contributed by atoms with van der Waals surface area (Å²) >= 11 is 0. The van der Waals surface area contributed by atoms with Crippen molar-refractivity contribution in [3.63, 3.8) is 0 Å². The van der Waals surface area contributed by atoms with Crippen LogP contribution in [0.2, 0.25) is 0 Å². The summed E-state index contributed by atoms with van der Waals surface area (Å²) in [5.41, 5.74) is 0.0402. The van der Waals surface area contributed by atoms with Crippen LogP contribution in [0.1, 0.15) is 63.8 Å². The van der Waals surface area contributed by atoms with Gasteiger partial charge in [0.2, 0.25) is 0 Å². The van der Waals surface area contributed by atoms with Crippen LogP contribution in [0, 0.1) is 5.82 Å². The molecule has 2 N–H and O–H groups in total. The fourth-order valence-corrected chi connectivity index (χ4v) is 5.51. The molecule has 2 aliphatic rings. The number of nitrogens with zero attached hydrogens (tertiary/aromatic N) is 2. The number of nitrogens with one attached hydrogen (secondary N) is 1. The van der Waals surface area contributed by atoms with Gasteiger partial charge in [0.25, 0.3) is 5.56 Å². The molecule has 36 heavy (non-hydrogen) atoms. The van der Waals surface area contributed by atoms with Gasteiger partial charge in [-0.1, -0.05) is 32.1 Å². The Balaban J connectivity index is 1.62. The molecule has 9 heteroatoms. The number of hydrogen-bond donors (Lipinski definition) is 2. The van der Waals surface area contributed by atoms with E-state index in [1.807, 2.05) is 0 Å². The van der Waals surface area contributed by atoms with Crippen molar-refractivity contribution in [3.05, 3.63) is 63.1 Å². The van der Waals surface area contributed by atoms with Crippen molar-refractivity contribution < 1.29 is 19.0 Å². The van der Waals surface area contributed by atoms with Crippen molar-refractivity contribution in [1.29, 1.82) is 0 Å². The Morgan fingerprint density at radius 1 is 1.00 bits per heavy atom. The molecule has 2 fully saturated rings. The predicted octanol–water partition coefficient (Wildman–Crippen LogP) is 4.61. The maximum absolute atomic E-state index is 15.2. The maximum atomic E-state index is 15.2. The summed E-state index contributed by atoms with van der Waals surface area (Å²) in [6.45, 7) is -0.500. The number of benzene rings is 2. The predicted molar refractivity (Wildman–Crippen MR) is 135 cm³/mol. The third-order valence-corrected chi connectivity index (χ3v) is 7.29. The molecule has 0 amide bonds. The Hall–Kier alpha value is -3.62. The van der Waals surface area contributed by atoms with Crippen LogP contribution in [0.5, 0.6) is 5.75 Å². The quantitative estimate of drug-likeness (QED) is 0.496. The fraction of sp³-hybridized carbons (Fsp3) is 0.444. The van der Waals surface area contributed by atoms with Gasteiger partial charge in [0.1, 0.15) is 11.6 Å². The van der Waals surface area contributed by atoms with Gasteiger partial charge in [-0.05, 0) is 62.1 Å². The van der Waals surface area contributed by atoms with E-state index in [1.165, 1.54) is 36.8 Å².